The van der Waals surface area contributed by atoms with Crippen LogP contribution in [0, 0.1) is 17.8 Å². The van der Waals surface area contributed by atoms with Gasteiger partial charge >= 0.3 is 5.97 Å². The lowest BCUT2D eigenvalue weighted by Gasteiger charge is -2.20. The van der Waals surface area contributed by atoms with Gasteiger partial charge in [0.1, 0.15) is 0 Å². The number of carbonyl (C=O) groups is 1. The maximum Gasteiger partial charge on any atom is 0.381 e. The number of rotatable bonds is 0. The first-order chi connectivity index (χ1) is 4.29. The van der Waals surface area contributed by atoms with E-state index >= 15 is 0 Å². The second-order valence-corrected chi connectivity index (χ2v) is 1.93. The second-order valence-electron chi connectivity index (χ2n) is 1.93. The van der Waals surface area contributed by atoms with Crippen molar-refractivity contribution >= 4 is 18.4 Å². The highest BCUT2D eigenvalue weighted by Crippen LogP contribution is 1.98. The molecule has 0 bridgehead atoms. The van der Waals surface area contributed by atoms with E-state index in [4.69, 9.17) is 5.11 Å². The minimum Gasteiger partial charge on any atom is -0.472 e. The summed E-state index contributed by atoms with van der Waals surface area (Å²) in [6.45, 7) is 1.67. The van der Waals surface area contributed by atoms with Crippen LogP contribution in [0.25, 0.3) is 0 Å². The van der Waals surface area contributed by atoms with Crippen molar-refractivity contribution in [1.29, 1.82) is 0 Å². The molecule has 2 N–H and O–H groups in total. The number of carboxylic acid groups (broad SMARTS) is 1. The zero-order valence-electron chi connectivity index (χ0n) is 5.26. The molecule has 0 radical (unpaired) electrons. The summed E-state index contributed by atoms with van der Waals surface area (Å²) < 4.78 is 0. The lowest BCUT2D eigenvalue weighted by molar-refractivity contribution is -0.130. The van der Waals surface area contributed by atoms with Crippen LogP contribution in [0.4, 0.5) is 0 Å². The first-order valence-corrected chi connectivity index (χ1v) is 2.74. The Balaban J connectivity index is 0.000000810. The topological polar surface area (TPSA) is 49.3 Å². The first kappa shape index (κ1) is 9.28. The van der Waals surface area contributed by atoms with Crippen molar-refractivity contribution < 1.29 is 9.90 Å². The highest BCUT2D eigenvalue weighted by molar-refractivity contribution is 5.86. The van der Waals surface area contributed by atoms with Gasteiger partial charge < -0.3 is 10.4 Å². The van der Waals surface area contributed by atoms with Gasteiger partial charge in [-0.1, -0.05) is 5.92 Å². The van der Waals surface area contributed by atoms with Crippen molar-refractivity contribution in [3.05, 3.63) is 0 Å². The quantitative estimate of drug-likeness (QED) is 0.481. The molecule has 56 valence electrons. The molecule has 1 aliphatic rings. The van der Waals surface area contributed by atoms with Crippen molar-refractivity contribution in [3.8, 4) is 11.8 Å². The summed E-state index contributed by atoms with van der Waals surface area (Å²) in [4.78, 5) is 9.85. The van der Waals surface area contributed by atoms with Gasteiger partial charge in [-0.15, -0.1) is 12.4 Å². The predicted octanol–water partition coefficient (Wildman–Crippen LogP) is -0.284. The molecule has 0 amide bonds. The molecule has 3 nitrogen and oxygen atoms in total. The van der Waals surface area contributed by atoms with Crippen LogP contribution in [0.2, 0.25) is 0 Å². The Morgan fingerprint density at radius 1 is 1.60 bits per heavy atom. The molecule has 1 aliphatic heterocycles. The van der Waals surface area contributed by atoms with E-state index in [9.17, 15) is 4.79 Å². The van der Waals surface area contributed by atoms with Crippen molar-refractivity contribution in [2.45, 2.75) is 0 Å². The molecule has 1 saturated heterocycles. The minimum atomic E-state index is -1.04. The fourth-order valence-electron chi connectivity index (χ4n) is 0.555. The standard InChI is InChI=1S/C6H7NO2.ClH/c8-6(9)2-1-5-3-7-4-5;/h5,7H,3-4H2,(H,8,9);1H. The Kier molecular flexibility index (Phi) is 3.85. The Labute approximate surface area is 65.2 Å². The van der Waals surface area contributed by atoms with Crippen LogP contribution in [0.15, 0.2) is 0 Å². The van der Waals surface area contributed by atoms with Gasteiger partial charge in [-0.3, -0.25) is 0 Å². The molecule has 1 fully saturated rings. The fourth-order valence-corrected chi connectivity index (χ4v) is 0.555. The van der Waals surface area contributed by atoms with Gasteiger partial charge in [0.05, 0.1) is 0 Å². The number of hydrogen-bond donors (Lipinski definition) is 2. The summed E-state index contributed by atoms with van der Waals surface area (Å²) >= 11 is 0. The molecule has 10 heavy (non-hydrogen) atoms. The lowest BCUT2D eigenvalue weighted by Crippen LogP contribution is -2.40. The summed E-state index contributed by atoms with van der Waals surface area (Å²) in [5.41, 5.74) is 0. The SMILES string of the molecule is Cl.O=C(O)C#CC1CNC1. The Hall–Kier alpha value is -0.720. The van der Waals surface area contributed by atoms with Crippen molar-refractivity contribution in [2.24, 2.45) is 5.92 Å². The molecule has 0 aromatic carbocycles. The zero-order valence-corrected chi connectivity index (χ0v) is 6.07. The van der Waals surface area contributed by atoms with Crippen LogP contribution in [-0.4, -0.2) is 24.2 Å². The molecule has 0 aromatic rings. The molecule has 0 spiro atoms. The van der Waals surface area contributed by atoms with Gasteiger partial charge in [-0.25, -0.2) is 4.79 Å². The molecule has 0 unspecified atom stereocenters. The Morgan fingerprint density at radius 3 is 2.50 bits per heavy atom. The van der Waals surface area contributed by atoms with Crippen LogP contribution in [0.5, 0.6) is 0 Å². The first-order valence-electron chi connectivity index (χ1n) is 2.74. The smallest absolute Gasteiger partial charge is 0.381 e. The van der Waals surface area contributed by atoms with Crippen molar-refractivity contribution in [3.63, 3.8) is 0 Å². The normalized spacial score (nSPS) is 15.6. The van der Waals surface area contributed by atoms with Crippen LogP contribution >= 0.6 is 12.4 Å². The number of hydrogen-bond acceptors (Lipinski definition) is 2. The number of aliphatic carboxylic acids is 1. The molecule has 0 aliphatic carbocycles. The third kappa shape index (κ3) is 2.72. The molecule has 1 heterocycles. The van der Waals surface area contributed by atoms with Crippen LogP contribution in [0.1, 0.15) is 0 Å². The van der Waals surface area contributed by atoms with Gasteiger partial charge in [0.25, 0.3) is 0 Å². The molecule has 0 aromatic heterocycles. The zero-order chi connectivity index (χ0) is 6.69. The molecule has 0 atom stereocenters. The van der Waals surface area contributed by atoms with E-state index in [1.165, 1.54) is 0 Å². The largest absolute Gasteiger partial charge is 0.472 e. The van der Waals surface area contributed by atoms with Crippen LogP contribution < -0.4 is 5.32 Å². The summed E-state index contributed by atoms with van der Waals surface area (Å²) in [5, 5.41) is 11.1. The van der Waals surface area contributed by atoms with E-state index < -0.39 is 5.97 Å². The summed E-state index contributed by atoms with van der Waals surface area (Å²) in [5.74, 6) is 3.91. The third-order valence-corrected chi connectivity index (χ3v) is 1.16. The van der Waals surface area contributed by atoms with Gasteiger partial charge in [-0.2, -0.15) is 0 Å². The lowest BCUT2D eigenvalue weighted by atomic mass is 10.1. The molecular weight excluding hydrogens is 154 g/mol. The monoisotopic (exact) mass is 161 g/mol. The van der Waals surface area contributed by atoms with E-state index in [0.717, 1.165) is 13.1 Å². The number of carboxylic acids is 1. The van der Waals surface area contributed by atoms with Crippen molar-refractivity contribution in [2.75, 3.05) is 13.1 Å². The van der Waals surface area contributed by atoms with Crippen LogP contribution in [0.3, 0.4) is 0 Å². The highest BCUT2D eigenvalue weighted by Gasteiger charge is 2.12. The summed E-state index contributed by atoms with van der Waals surface area (Å²) in [6, 6.07) is 0. The molecule has 0 saturated carbocycles. The molecule has 4 heteroatoms. The van der Waals surface area contributed by atoms with Gasteiger partial charge in [-0.05, 0) is 0 Å². The van der Waals surface area contributed by atoms with Gasteiger partial charge in [0.2, 0.25) is 0 Å². The Bertz CT molecular complexity index is 178. The second kappa shape index (κ2) is 4.15. The third-order valence-electron chi connectivity index (χ3n) is 1.16. The van der Waals surface area contributed by atoms with Gasteiger partial charge in [0.15, 0.2) is 0 Å². The van der Waals surface area contributed by atoms with E-state index in [-0.39, 0.29) is 18.3 Å². The molecular formula is C6H8ClNO2. The summed E-state index contributed by atoms with van der Waals surface area (Å²) in [6.07, 6.45) is 0. The molecule has 1 rings (SSSR count). The Morgan fingerprint density at radius 2 is 2.20 bits per heavy atom. The number of halogens is 1. The maximum atomic E-state index is 9.85. The average Bonchev–Trinajstić information content (AvgIpc) is 1.60. The number of nitrogens with one attached hydrogen (secondary N) is 1. The summed E-state index contributed by atoms with van der Waals surface area (Å²) in [7, 11) is 0. The van der Waals surface area contributed by atoms with Gasteiger partial charge in [0, 0.05) is 24.9 Å². The van der Waals surface area contributed by atoms with E-state index in [1.807, 2.05) is 0 Å². The maximum absolute atomic E-state index is 9.85. The minimum absolute atomic E-state index is 0. The average molecular weight is 162 g/mol. The van der Waals surface area contributed by atoms with Crippen molar-refractivity contribution in [1.82, 2.24) is 5.32 Å². The van der Waals surface area contributed by atoms with E-state index in [0.29, 0.717) is 0 Å². The van der Waals surface area contributed by atoms with E-state index in [1.54, 1.807) is 0 Å². The highest BCUT2D eigenvalue weighted by atomic mass is 35.5. The fraction of sp³-hybridized carbons (Fsp3) is 0.500. The predicted molar refractivity (Wildman–Crippen MR) is 39.0 cm³/mol. The van der Waals surface area contributed by atoms with E-state index in [2.05, 4.69) is 17.2 Å². The van der Waals surface area contributed by atoms with Crippen LogP contribution in [-0.2, 0) is 4.79 Å².